The summed E-state index contributed by atoms with van der Waals surface area (Å²) in [6.07, 6.45) is 6.26. The largest absolute Gasteiger partial charge is 0.461 e. The number of likely N-dealkylation sites (N-methyl/N-ethyl adjacent to an activating group) is 1. The number of carbonyl (C=O) groups is 1. The fraction of sp³-hybridized carbons (Fsp3) is 0.375. The summed E-state index contributed by atoms with van der Waals surface area (Å²) in [5, 5.41) is 6.51. The van der Waals surface area contributed by atoms with E-state index in [1.165, 1.54) is 5.56 Å². The van der Waals surface area contributed by atoms with E-state index in [4.69, 9.17) is 4.74 Å². The van der Waals surface area contributed by atoms with Gasteiger partial charge in [-0.15, -0.1) is 0 Å². The second kappa shape index (κ2) is 13.2. The van der Waals surface area contributed by atoms with Gasteiger partial charge in [0.15, 0.2) is 5.82 Å². The van der Waals surface area contributed by atoms with Crippen LogP contribution in [0.2, 0.25) is 0 Å². The molecule has 2 atom stereocenters. The minimum atomic E-state index is -0.0493. The van der Waals surface area contributed by atoms with E-state index in [9.17, 15) is 4.79 Å². The summed E-state index contributed by atoms with van der Waals surface area (Å²) in [4.78, 5) is 39.8. The number of aryl methyl sites for hydroxylation is 1. The lowest BCUT2D eigenvalue weighted by molar-refractivity contribution is -0.155. The molecule has 11 heteroatoms. The Balaban J connectivity index is 1.03. The molecule has 2 aliphatic heterocycles. The Labute approximate surface area is 251 Å². The number of ether oxygens (including phenoxy) is 1. The number of anilines is 4. The first-order chi connectivity index (χ1) is 21.0. The zero-order valence-electron chi connectivity index (χ0n) is 24.6. The lowest BCUT2D eigenvalue weighted by atomic mass is 9.97. The van der Waals surface area contributed by atoms with Crippen LogP contribution in [-0.4, -0.2) is 80.0 Å². The SMILES string of the molecule is Cc1cccc(-c2nccc(Nc3ccnc(Nc4ccc(CN5CCC[C@H](C(=O)O[C@H]6CCN(C)C6)C5)cc4)n3)n2)n1. The fourth-order valence-corrected chi connectivity index (χ4v) is 5.56. The van der Waals surface area contributed by atoms with Crippen LogP contribution in [0.25, 0.3) is 11.5 Å². The Morgan fingerprint density at radius 3 is 2.51 bits per heavy atom. The molecule has 2 N–H and O–H groups in total. The molecule has 6 rings (SSSR count). The Morgan fingerprint density at radius 2 is 1.72 bits per heavy atom. The molecule has 2 aliphatic rings. The Hall–Kier alpha value is -4.48. The summed E-state index contributed by atoms with van der Waals surface area (Å²) in [5.74, 6) is 2.14. The van der Waals surface area contributed by atoms with Crippen LogP contribution in [0.1, 0.15) is 30.5 Å². The first-order valence-corrected chi connectivity index (χ1v) is 14.8. The molecule has 11 nitrogen and oxygen atoms in total. The zero-order valence-corrected chi connectivity index (χ0v) is 24.6. The number of nitrogens with one attached hydrogen (secondary N) is 2. The number of hydrogen-bond donors (Lipinski definition) is 2. The minimum Gasteiger partial charge on any atom is -0.461 e. The zero-order chi connectivity index (χ0) is 29.6. The first-order valence-electron chi connectivity index (χ1n) is 14.8. The van der Waals surface area contributed by atoms with Gasteiger partial charge in [0.05, 0.1) is 5.92 Å². The molecule has 4 aromatic rings. The Bertz CT molecular complexity index is 1550. The molecule has 0 unspecified atom stereocenters. The van der Waals surface area contributed by atoms with Crippen LogP contribution in [0.5, 0.6) is 0 Å². The fourth-order valence-electron chi connectivity index (χ4n) is 5.56. The Morgan fingerprint density at radius 1 is 0.907 bits per heavy atom. The second-order valence-electron chi connectivity index (χ2n) is 11.3. The molecular formula is C32H37N9O2. The number of aromatic nitrogens is 5. The van der Waals surface area contributed by atoms with Gasteiger partial charge in [-0.3, -0.25) is 9.69 Å². The van der Waals surface area contributed by atoms with Gasteiger partial charge < -0.3 is 20.3 Å². The Kier molecular flexibility index (Phi) is 8.80. The summed E-state index contributed by atoms with van der Waals surface area (Å²) >= 11 is 0. The summed E-state index contributed by atoms with van der Waals surface area (Å²) in [6, 6.07) is 17.6. The van der Waals surface area contributed by atoms with E-state index in [1.807, 2.05) is 37.3 Å². The number of benzene rings is 1. The second-order valence-corrected chi connectivity index (χ2v) is 11.3. The number of piperidine rings is 1. The smallest absolute Gasteiger partial charge is 0.310 e. The molecule has 0 saturated carbocycles. The molecule has 5 heterocycles. The molecule has 0 radical (unpaired) electrons. The van der Waals surface area contributed by atoms with Crippen molar-refractivity contribution in [1.82, 2.24) is 34.7 Å². The van der Waals surface area contributed by atoms with Crippen molar-refractivity contribution in [2.24, 2.45) is 5.92 Å². The average molecular weight is 580 g/mol. The minimum absolute atomic E-state index is 0.0371. The van der Waals surface area contributed by atoms with Crippen molar-refractivity contribution in [2.45, 2.75) is 38.8 Å². The first kappa shape index (κ1) is 28.6. The van der Waals surface area contributed by atoms with Gasteiger partial charge in [-0.1, -0.05) is 18.2 Å². The van der Waals surface area contributed by atoms with Crippen LogP contribution in [0.3, 0.4) is 0 Å². The highest BCUT2D eigenvalue weighted by molar-refractivity contribution is 5.73. The van der Waals surface area contributed by atoms with E-state index in [2.05, 4.69) is 64.5 Å². The van der Waals surface area contributed by atoms with Crippen molar-refractivity contribution in [3.05, 3.63) is 78.2 Å². The number of rotatable bonds is 9. The van der Waals surface area contributed by atoms with E-state index < -0.39 is 0 Å². The number of nitrogens with zero attached hydrogens (tertiary/aromatic N) is 7. The molecule has 0 spiro atoms. The standard InChI is InChI=1S/C32H37N9O2/c1-22-5-3-7-27(35-22)30-33-15-12-28(38-30)37-29-13-16-34-32(39-29)36-25-10-8-23(9-11-25)19-41-17-4-6-24(20-41)31(42)43-26-14-18-40(2)21-26/h3,5,7-13,15-16,24,26H,4,6,14,17-21H2,1-2H3,(H2,33,34,36,37,38,39)/t24-,26-/m0/s1. The summed E-state index contributed by atoms with van der Waals surface area (Å²) in [7, 11) is 2.07. The predicted octanol–water partition coefficient (Wildman–Crippen LogP) is 4.58. The number of hydrogen-bond acceptors (Lipinski definition) is 11. The van der Waals surface area contributed by atoms with Crippen molar-refractivity contribution < 1.29 is 9.53 Å². The number of carbonyl (C=O) groups excluding carboxylic acids is 1. The maximum Gasteiger partial charge on any atom is 0.310 e. The van der Waals surface area contributed by atoms with Gasteiger partial charge in [0.1, 0.15) is 23.4 Å². The van der Waals surface area contributed by atoms with E-state index in [-0.39, 0.29) is 18.0 Å². The van der Waals surface area contributed by atoms with Crippen LogP contribution in [-0.2, 0) is 16.1 Å². The highest BCUT2D eigenvalue weighted by atomic mass is 16.5. The third-order valence-electron chi connectivity index (χ3n) is 7.77. The molecule has 1 aromatic carbocycles. The van der Waals surface area contributed by atoms with Crippen LogP contribution in [0, 0.1) is 12.8 Å². The quantitative estimate of drug-likeness (QED) is 0.271. The van der Waals surface area contributed by atoms with E-state index in [0.717, 1.165) is 63.4 Å². The third-order valence-corrected chi connectivity index (χ3v) is 7.77. The summed E-state index contributed by atoms with van der Waals surface area (Å²) in [6.45, 7) is 6.29. The van der Waals surface area contributed by atoms with Gasteiger partial charge in [-0.2, -0.15) is 4.98 Å². The molecule has 222 valence electrons. The third kappa shape index (κ3) is 7.68. The molecule has 2 saturated heterocycles. The summed E-state index contributed by atoms with van der Waals surface area (Å²) in [5.41, 5.74) is 3.70. The highest BCUT2D eigenvalue weighted by Crippen LogP contribution is 2.23. The highest BCUT2D eigenvalue weighted by Gasteiger charge is 2.30. The van der Waals surface area contributed by atoms with Gasteiger partial charge in [-0.25, -0.2) is 19.9 Å². The molecule has 3 aromatic heterocycles. The number of pyridine rings is 1. The van der Waals surface area contributed by atoms with Gasteiger partial charge in [0, 0.05) is 50.0 Å². The van der Waals surface area contributed by atoms with Crippen molar-refractivity contribution in [3.63, 3.8) is 0 Å². The van der Waals surface area contributed by atoms with E-state index >= 15 is 0 Å². The topological polar surface area (TPSA) is 121 Å². The van der Waals surface area contributed by atoms with Gasteiger partial charge in [-0.05, 0) is 81.7 Å². The van der Waals surface area contributed by atoms with Crippen LogP contribution in [0.4, 0.5) is 23.3 Å². The molecule has 43 heavy (non-hydrogen) atoms. The maximum absolute atomic E-state index is 12.8. The number of esters is 1. The molecule has 0 aliphatic carbocycles. The maximum atomic E-state index is 12.8. The monoisotopic (exact) mass is 579 g/mol. The molecular weight excluding hydrogens is 542 g/mol. The van der Waals surface area contributed by atoms with E-state index in [0.29, 0.717) is 29.1 Å². The lowest BCUT2D eigenvalue weighted by Gasteiger charge is -2.32. The van der Waals surface area contributed by atoms with E-state index in [1.54, 1.807) is 24.5 Å². The van der Waals surface area contributed by atoms with Crippen molar-refractivity contribution in [1.29, 1.82) is 0 Å². The van der Waals surface area contributed by atoms with Gasteiger partial charge in [0.2, 0.25) is 5.95 Å². The van der Waals surface area contributed by atoms with Gasteiger partial charge >= 0.3 is 5.97 Å². The summed E-state index contributed by atoms with van der Waals surface area (Å²) < 4.78 is 5.82. The van der Waals surface area contributed by atoms with Crippen LogP contribution < -0.4 is 10.6 Å². The van der Waals surface area contributed by atoms with Crippen molar-refractivity contribution in [2.75, 3.05) is 43.9 Å². The van der Waals surface area contributed by atoms with Crippen LogP contribution >= 0.6 is 0 Å². The number of likely N-dealkylation sites (tertiary alicyclic amines) is 2. The average Bonchev–Trinajstić information content (AvgIpc) is 3.43. The molecule has 0 amide bonds. The lowest BCUT2D eigenvalue weighted by Crippen LogP contribution is -2.40. The van der Waals surface area contributed by atoms with Crippen molar-refractivity contribution >= 4 is 29.2 Å². The molecule has 2 fully saturated rings. The molecule has 0 bridgehead atoms. The normalized spacial score (nSPS) is 19.2. The van der Waals surface area contributed by atoms with Crippen LogP contribution in [0.15, 0.2) is 67.0 Å². The van der Waals surface area contributed by atoms with Crippen molar-refractivity contribution in [3.8, 4) is 11.5 Å². The predicted molar refractivity (Wildman–Crippen MR) is 165 cm³/mol. The van der Waals surface area contributed by atoms with Gasteiger partial charge in [0.25, 0.3) is 0 Å².